The molecular weight excluding hydrogens is 248 g/mol. The summed E-state index contributed by atoms with van der Waals surface area (Å²) in [7, 11) is 1.97. The van der Waals surface area contributed by atoms with E-state index in [1.807, 2.05) is 17.9 Å². The first-order valence-corrected chi connectivity index (χ1v) is 8.16. The predicted octanol–water partition coefficient (Wildman–Crippen LogP) is 2.79. The molecule has 1 aliphatic rings. The van der Waals surface area contributed by atoms with Crippen LogP contribution >= 0.6 is 0 Å². The average molecular weight is 278 g/mol. The lowest BCUT2D eigenvalue weighted by atomic mass is 9.76. The fourth-order valence-electron chi connectivity index (χ4n) is 3.56. The maximum atomic E-state index is 5.80. The molecule has 0 spiro atoms. The molecule has 4 heteroatoms. The Morgan fingerprint density at radius 1 is 1.40 bits per heavy atom. The molecule has 1 heterocycles. The van der Waals surface area contributed by atoms with Crippen molar-refractivity contribution in [3.8, 4) is 0 Å². The summed E-state index contributed by atoms with van der Waals surface area (Å²) >= 11 is 0. The van der Waals surface area contributed by atoms with Crippen molar-refractivity contribution in [2.45, 2.75) is 64.3 Å². The third kappa shape index (κ3) is 4.32. The minimum atomic E-state index is 0.395. The summed E-state index contributed by atoms with van der Waals surface area (Å²) in [5, 5.41) is 4.24. The van der Waals surface area contributed by atoms with Crippen molar-refractivity contribution in [2.75, 3.05) is 0 Å². The lowest BCUT2D eigenvalue weighted by molar-refractivity contribution is 0.211. The van der Waals surface area contributed by atoms with Crippen LogP contribution in [-0.4, -0.2) is 15.8 Å². The largest absolute Gasteiger partial charge is 0.276 e. The van der Waals surface area contributed by atoms with Gasteiger partial charge in [-0.05, 0) is 36.7 Å². The number of aromatic nitrogens is 2. The molecule has 1 aromatic heterocycles. The molecule has 4 nitrogen and oxygen atoms in total. The van der Waals surface area contributed by atoms with Crippen molar-refractivity contribution in [3.05, 3.63) is 18.0 Å². The number of hydrogen-bond donors (Lipinski definition) is 2. The molecule has 114 valence electrons. The van der Waals surface area contributed by atoms with Gasteiger partial charge >= 0.3 is 0 Å². The Bertz CT molecular complexity index is 380. The fraction of sp³-hybridized carbons (Fsp3) is 0.812. The lowest BCUT2D eigenvalue weighted by Gasteiger charge is -2.33. The first kappa shape index (κ1) is 15.5. The zero-order chi connectivity index (χ0) is 14.4. The van der Waals surface area contributed by atoms with E-state index < -0.39 is 0 Å². The Hall–Kier alpha value is -0.870. The monoisotopic (exact) mass is 278 g/mol. The second-order valence-electron chi connectivity index (χ2n) is 6.42. The maximum Gasteiger partial charge on any atom is 0.0522 e. The van der Waals surface area contributed by atoms with Gasteiger partial charge < -0.3 is 0 Å². The van der Waals surface area contributed by atoms with E-state index in [0.29, 0.717) is 6.04 Å². The van der Waals surface area contributed by atoms with Crippen molar-refractivity contribution in [3.63, 3.8) is 0 Å². The second kappa shape index (κ2) is 7.79. The van der Waals surface area contributed by atoms with E-state index in [2.05, 4.69) is 23.6 Å². The van der Waals surface area contributed by atoms with Crippen molar-refractivity contribution in [2.24, 2.45) is 24.7 Å². The number of nitrogens with zero attached hydrogens (tertiary/aromatic N) is 2. The highest BCUT2D eigenvalue weighted by Gasteiger charge is 2.27. The summed E-state index contributed by atoms with van der Waals surface area (Å²) < 4.78 is 1.87. The number of aryl methyl sites for hydroxylation is 1. The summed E-state index contributed by atoms with van der Waals surface area (Å²) in [6, 6.07) is 0.395. The predicted molar refractivity (Wildman–Crippen MR) is 83.0 cm³/mol. The summed E-state index contributed by atoms with van der Waals surface area (Å²) in [5.41, 5.74) is 4.33. The highest BCUT2D eigenvalue weighted by atomic mass is 15.2. The molecular formula is C16H30N4. The van der Waals surface area contributed by atoms with Crippen molar-refractivity contribution in [1.29, 1.82) is 0 Å². The molecule has 2 rings (SSSR count). The number of hydrogen-bond acceptors (Lipinski definition) is 3. The summed E-state index contributed by atoms with van der Waals surface area (Å²) in [4.78, 5) is 0. The molecule has 0 radical (unpaired) electrons. The van der Waals surface area contributed by atoms with Crippen LogP contribution in [0.4, 0.5) is 0 Å². The highest BCUT2D eigenvalue weighted by Crippen LogP contribution is 2.34. The standard InChI is InChI=1S/C16H30N4/c1-3-4-5-13-6-8-15(9-7-13)16(19-17)10-14-11-18-20(2)12-14/h11-13,15-16,19H,3-10,17H2,1-2H3. The molecule has 0 saturated heterocycles. The number of unbranched alkanes of at least 4 members (excludes halogenated alkanes) is 1. The molecule has 1 aromatic rings. The molecule has 1 unspecified atom stereocenters. The van der Waals surface area contributed by atoms with Crippen molar-refractivity contribution >= 4 is 0 Å². The summed E-state index contributed by atoms with van der Waals surface area (Å²) in [6.07, 6.45) is 14.6. The van der Waals surface area contributed by atoms with E-state index in [9.17, 15) is 0 Å². The van der Waals surface area contributed by atoms with E-state index in [0.717, 1.165) is 18.3 Å². The quantitative estimate of drug-likeness (QED) is 0.595. The van der Waals surface area contributed by atoms with E-state index in [-0.39, 0.29) is 0 Å². The van der Waals surface area contributed by atoms with Gasteiger partial charge in [0.2, 0.25) is 0 Å². The van der Waals surface area contributed by atoms with Gasteiger partial charge in [0, 0.05) is 19.3 Å². The molecule has 0 bridgehead atoms. The second-order valence-corrected chi connectivity index (χ2v) is 6.42. The topological polar surface area (TPSA) is 55.9 Å². The normalized spacial score (nSPS) is 24.8. The molecule has 1 fully saturated rings. The molecule has 20 heavy (non-hydrogen) atoms. The van der Waals surface area contributed by atoms with Gasteiger partial charge in [-0.25, -0.2) is 0 Å². The van der Waals surface area contributed by atoms with Gasteiger partial charge in [0.1, 0.15) is 0 Å². The van der Waals surface area contributed by atoms with Gasteiger partial charge in [-0.2, -0.15) is 5.10 Å². The van der Waals surface area contributed by atoms with Crippen LogP contribution in [-0.2, 0) is 13.5 Å². The fourth-order valence-corrected chi connectivity index (χ4v) is 3.56. The summed E-state index contributed by atoms with van der Waals surface area (Å²) in [5.74, 6) is 7.48. The van der Waals surface area contributed by atoms with Crippen LogP contribution in [0.3, 0.4) is 0 Å². The zero-order valence-corrected chi connectivity index (χ0v) is 13.0. The molecule has 1 atom stereocenters. The van der Waals surface area contributed by atoms with Crippen LogP contribution in [0, 0.1) is 11.8 Å². The number of nitrogens with one attached hydrogen (secondary N) is 1. The molecule has 0 aromatic carbocycles. The van der Waals surface area contributed by atoms with Crippen LogP contribution in [0.25, 0.3) is 0 Å². The maximum absolute atomic E-state index is 5.80. The van der Waals surface area contributed by atoms with Crippen molar-refractivity contribution < 1.29 is 0 Å². The van der Waals surface area contributed by atoms with E-state index in [4.69, 9.17) is 5.84 Å². The molecule has 1 saturated carbocycles. The Morgan fingerprint density at radius 3 is 2.70 bits per heavy atom. The molecule has 3 N–H and O–H groups in total. The van der Waals surface area contributed by atoms with E-state index >= 15 is 0 Å². The number of nitrogens with two attached hydrogens (primary N) is 1. The lowest BCUT2D eigenvalue weighted by Crippen LogP contribution is -2.43. The van der Waals surface area contributed by atoms with Gasteiger partial charge in [-0.3, -0.25) is 16.0 Å². The Balaban J connectivity index is 1.81. The number of rotatable bonds is 7. The van der Waals surface area contributed by atoms with Gasteiger partial charge in [0.25, 0.3) is 0 Å². The van der Waals surface area contributed by atoms with E-state index in [1.165, 1.54) is 50.5 Å². The highest BCUT2D eigenvalue weighted by molar-refractivity contribution is 5.06. The zero-order valence-electron chi connectivity index (χ0n) is 13.0. The average Bonchev–Trinajstić information content (AvgIpc) is 2.88. The van der Waals surface area contributed by atoms with Gasteiger partial charge in [-0.1, -0.05) is 39.0 Å². The van der Waals surface area contributed by atoms with Crippen LogP contribution in [0.2, 0.25) is 0 Å². The van der Waals surface area contributed by atoms with Crippen LogP contribution < -0.4 is 11.3 Å². The molecule has 1 aliphatic carbocycles. The van der Waals surface area contributed by atoms with Gasteiger partial charge in [0.15, 0.2) is 0 Å². The first-order valence-electron chi connectivity index (χ1n) is 8.16. The van der Waals surface area contributed by atoms with Crippen molar-refractivity contribution in [1.82, 2.24) is 15.2 Å². The van der Waals surface area contributed by atoms with Crippen LogP contribution in [0.15, 0.2) is 12.4 Å². The minimum absolute atomic E-state index is 0.395. The third-order valence-electron chi connectivity index (χ3n) is 4.85. The van der Waals surface area contributed by atoms with Crippen LogP contribution in [0.5, 0.6) is 0 Å². The third-order valence-corrected chi connectivity index (χ3v) is 4.85. The Labute approximate surface area is 123 Å². The Morgan fingerprint density at radius 2 is 2.15 bits per heavy atom. The smallest absolute Gasteiger partial charge is 0.0522 e. The first-order chi connectivity index (χ1) is 9.72. The summed E-state index contributed by atoms with van der Waals surface area (Å²) in [6.45, 7) is 2.29. The minimum Gasteiger partial charge on any atom is -0.276 e. The SMILES string of the molecule is CCCCC1CCC(C(Cc2cnn(C)c2)NN)CC1. The van der Waals surface area contributed by atoms with Crippen LogP contribution in [0.1, 0.15) is 57.4 Å². The Kier molecular flexibility index (Phi) is 6.05. The van der Waals surface area contributed by atoms with Gasteiger partial charge in [0.05, 0.1) is 6.20 Å². The molecule has 0 amide bonds. The van der Waals surface area contributed by atoms with Gasteiger partial charge in [-0.15, -0.1) is 0 Å². The number of hydrazine groups is 1. The molecule has 0 aliphatic heterocycles. The van der Waals surface area contributed by atoms with E-state index in [1.54, 1.807) is 0 Å².